The molecule has 0 saturated heterocycles. The van der Waals surface area contributed by atoms with Crippen LogP contribution in [0.4, 0.5) is 0 Å². The van der Waals surface area contributed by atoms with E-state index in [9.17, 15) is 15.0 Å². The standard InChI is InChI=1S/C13H27NO5/c1-2-3-4-5-6-7-8-14-13(19)12(18)11(17)10(16)9-15/h10-12,15-18H,2-9H2,1H3,(H,14,19). The molecule has 0 saturated carbocycles. The van der Waals surface area contributed by atoms with Gasteiger partial charge >= 0.3 is 0 Å². The molecular weight excluding hydrogens is 250 g/mol. The third kappa shape index (κ3) is 8.15. The third-order valence-electron chi connectivity index (χ3n) is 3.00. The van der Waals surface area contributed by atoms with E-state index in [4.69, 9.17) is 10.2 Å². The van der Waals surface area contributed by atoms with Gasteiger partial charge in [-0.25, -0.2) is 0 Å². The smallest absolute Gasteiger partial charge is 0.251 e. The fraction of sp³-hybridized carbons (Fsp3) is 0.923. The minimum Gasteiger partial charge on any atom is -0.394 e. The topological polar surface area (TPSA) is 110 Å². The van der Waals surface area contributed by atoms with Crippen LogP contribution in [0, 0.1) is 0 Å². The quantitative estimate of drug-likeness (QED) is 0.328. The van der Waals surface area contributed by atoms with E-state index >= 15 is 0 Å². The molecule has 1 amide bonds. The SMILES string of the molecule is CCCCCCCCNC(=O)C(O)C(O)C(O)CO. The average molecular weight is 277 g/mol. The van der Waals surface area contributed by atoms with E-state index in [-0.39, 0.29) is 0 Å². The lowest BCUT2D eigenvalue weighted by Crippen LogP contribution is -2.48. The summed E-state index contributed by atoms with van der Waals surface area (Å²) in [5, 5.41) is 39.0. The number of unbranched alkanes of at least 4 members (excludes halogenated alkanes) is 5. The summed E-state index contributed by atoms with van der Waals surface area (Å²) in [6.45, 7) is 1.88. The van der Waals surface area contributed by atoms with Crippen LogP contribution in [0.15, 0.2) is 0 Å². The van der Waals surface area contributed by atoms with Gasteiger partial charge in [0.05, 0.1) is 6.61 Å². The van der Waals surface area contributed by atoms with Crippen LogP contribution in [0.2, 0.25) is 0 Å². The van der Waals surface area contributed by atoms with Crippen LogP contribution in [-0.2, 0) is 4.79 Å². The van der Waals surface area contributed by atoms with Crippen LogP contribution in [0.25, 0.3) is 0 Å². The lowest BCUT2D eigenvalue weighted by atomic mass is 10.1. The number of carbonyl (C=O) groups is 1. The van der Waals surface area contributed by atoms with Crippen molar-refractivity contribution in [1.29, 1.82) is 0 Å². The number of carbonyl (C=O) groups excluding carboxylic acids is 1. The van der Waals surface area contributed by atoms with Crippen LogP contribution in [0.5, 0.6) is 0 Å². The second-order valence-electron chi connectivity index (χ2n) is 4.74. The van der Waals surface area contributed by atoms with E-state index < -0.39 is 30.8 Å². The zero-order valence-corrected chi connectivity index (χ0v) is 11.6. The van der Waals surface area contributed by atoms with Gasteiger partial charge in [0.1, 0.15) is 12.2 Å². The van der Waals surface area contributed by atoms with Crippen LogP contribution >= 0.6 is 0 Å². The molecule has 0 aromatic rings. The number of hydrogen-bond donors (Lipinski definition) is 5. The van der Waals surface area contributed by atoms with E-state index in [1.54, 1.807) is 0 Å². The summed E-state index contributed by atoms with van der Waals surface area (Å²) in [5.74, 6) is -0.728. The lowest BCUT2D eigenvalue weighted by Gasteiger charge is -2.20. The van der Waals surface area contributed by atoms with E-state index in [1.807, 2.05) is 0 Å². The van der Waals surface area contributed by atoms with Crippen LogP contribution < -0.4 is 5.32 Å². The number of rotatable bonds is 11. The van der Waals surface area contributed by atoms with E-state index in [1.165, 1.54) is 19.3 Å². The van der Waals surface area contributed by atoms with Gasteiger partial charge in [0, 0.05) is 6.54 Å². The molecule has 0 spiro atoms. The van der Waals surface area contributed by atoms with Gasteiger partial charge in [-0.3, -0.25) is 4.79 Å². The summed E-state index contributed by atoms with van der Waals surface area (Å²) >= 11 is 0. The Labute approximate surface area is 114 Å². The van der Waals surface area contributed by atoms with E-state index in [2.05, 4.69) is 12.2 Å². The first-order valence-corrected chi connectivity index (χ1v) is 6.97. The highest BCUT2D eigenvalue weighted by Gasteiger charge is 2.29. The zero-order valence-electron chi connectivity index (χ0n) is 11.6. The number of hydrogen-bond acceptors (Lipinski definition) is 5. The van der Waals surface area contributed by atoms with Crippen molar-refractivity contribution < 1.29 is 25.2 Å². The van der Waals surface area contributed by atoms with Crippen LogP contribution in [0.3, 0.4) is 0 Å². The molecule has 0 aliphatic carbocycles. The summed E-state index contributed by atoms with van der Waals surface area (Å²) in [4.78, 5) is 11.4. The average Bonchev–Trinajstić information content (AvgIpc) is 2.43. The second-order valence-corrected chi connectivity index (χ2v) is 4.74. The molecule has 114 valence electrons. The first-order chi connectivity index (χ1) is 9.04. The molecule has 0 heterocycles. The van der Waals surface area contributed by atoms with Gasteiger partial charge < -0.3 is 25.7 Å². The zero-order chi connectivity index (χ0) is 14.7. The minimum absolute atomic E-state index is 0.434. The Bertz CT molecular complexity index is 237. The van der Waals surface area contributed by atoms with Crippen molar-refractivity contribution >= 4 is 5.91 Å². The monoisotopic (exact) mass is 277 g/mol. The van der Waals surface area contributed by atoms with Crippen molar-refractivity contribution in [1.82, 2.24) is 5.32 Å². The Morgan fingerprint density at radius 3 is 2.21 bits per heavy atom. The molecule has 5 N–H and O–H groups in total. The molecule has 3 unspecified atom stereocenters. The minimum atomic E-state index is -1.72. The molecule has 3 atom stereocenters. The maximum absolute atomic E-state index is 11.4. The van der Waals surface area contributed by atoms with Gasteiger partial charge in [-0.1, -0.05) is 39.0 Å². The summed E-state index contributed by atoms with van der Waals surface area (Å²) in [6, 6.07) is 0. The Morgan fingerprint density at radius 1 is 1.05 bits per heavy atom. The van der Waals surface area contributed by atoms with Gasteiger partial charge in [0.25, 0.3) is 5.91 Å². The van der Waals surface area contributed by atoms with Gasteiger partial charge in [0.15, 0.2) is 6.10 Å². The third-order valence-corrected chi connectivity index (χ3v) is 3.00. The molecule has 6 nitrogen and oxygen atoms in total. The first-order valence-electron chi connectivity index (χ1n) is 6.97. The molecular formula is C13H27NO5. The number of aliphatic hydroxyl groups is 4. The van der Waals surface area contributed by atoms with Crippen molar-refractivity contribution in [3.05, 3.63) is 0 Å². The molecule has 0 aromatic carbocycles. The van der Waals surface area contributed by atoms with Gasteiger partial charge in [-0.15, -0.1) is 0 Å². The highest BCUT2D eigenvalue weighted by atomic mass is 16.4. The predicted molar refractivity (Wildman–Crippen MR) is 71.5 cm³/mol. The van der Waals surface area contributed by atoms with Crippen molar-refractivity contribution in [2.45, 2.75) is 63.8 Å². The summed E-state index contributed by atoms with van der Waals surface area (Å²) in [7, 11) is 0. The van der Waals surface area contributed by atoms with Crippen molar-refractivity contribution in [3.63, 3.8) is 0 Å². The molecule has 6 heteroatoms. The van der Waals surface area contributed by atoms with Gasteiger partial charge in [0.2, 0.25) is 0 Å². The first kappa shape index (κ1) is 18.3. The summed E-state index contributed by atoms with van der Waals surface area (Å²) < 4.78 is 0. The largest absolute Gasteiger partial charge is 0.394 e. The Balaban J connectivity index is 3.68. The van der Waals surface area contributed by atoms with Crippen molar-refractivity contribution in [2.24, 2.45) is 0 Å². The fourth-order valence-electron chi connectivity index (χ4n) is 1.70. The Kier molecular flexibility index (Phi) is 10.8. The Morgan fingerprint density at radius 2 is 1.63 bits per heavy atom. The van der Waals surface area contributed by atoms with Crippen molar-refractivity contribution in [3.8, 4) is 0 Å². The maximum Gasteiger partial charge on any atom is 0.251 e. The molecule has 0 aliphatic rings. The summed E-state index contributed by atoms with van der Waals surface area (Å²) in [5.41, 5.74) is 0. The van der Waals surface area contributed by atoms with Crippen LogP contribution in [0.1, 0.15) is 45.4 Å². The van der Waals surface area contributed by atoms with Crippen molar-refractivity contribution in [2.75, 3.05) is 13.2 Å². The van der Waals surface area contributed by atoms with E-state index in [0.29, 0.717) is 6.54 Å². The molecule has 19 heavy (non-hydrogen) atoms. The fourth-order valence-corrected chi connectivity index (χ4v) is 1.70. The van der Waals surface area contributed by atoms with Crippen LogP contribution in [-0.4, -0.2) is 57.8 Å². The number of aliphatic hydroxyl groups excluding tert-OH is 4. The number of nitrogens with one attached hydrogen (secondary N) is 1. The molecule has 0 radical (unpaired) electrons. The molecule has 0 fully saturated rings. The highest BCUT2D eigenvalue weighted by Crippen LogP contribution is 2.04. The molecule has 0 aliphatic heterocycles. The predicted octanol–water partition coefficient (Wildman–Crippen LogP) is -0.462. The normalized spacial score (nSPS) is 15.8. The maximum atomic E-state index is 11.4. The van der Waals surface area contributed by atoms with Gasteiger partial charge in [-0.2, -0.15) is 0 Å². The molecule has 0 rings (SSSR count). The number of amides is 1. The second kappa shape index (κ2) is 11.2. The molecule has 0 bridgehead atoms. The molecule has 0 aromatic heterocycles. The highest BCUT2D eigenvalue weighted by molar-refractivity contribution is 5.81. The van der Waals surface area contributed by atoms with Gasteiger partial charge in [-0.05, 0) is 6.42 Å². The summed E-state index contributed by atoms with van der Waals surface area (Å²) in [6.07, 6.45) is 1.64. The van der Waals surface area contributed by atoms with E-state index in [0.717, 1.165) is 19.3 Å². The Hall–Kier alpha value is -0.690. The lowest BCUT2D eigenvalue weighted by molar-refractivity contribution is -0.142.